The Hall–Kier alpha value is -4.25. The number of allylic oxidation sites excluding steroid dienone is 3. The molecule has 6 rings (SSSR count). The molecule has 3 aliphatic rings. The van der Waals surface area contributed by atoms with Crippen LogP contribution in [0.5, 0.6) is 5.75 Å². The summed E-state index contributed by atoms with van der Waals surface area (Å²) in [6, 6.07) is 26.9. The summed E-state index contributed by atoms with van der Waals surface area (Å²) in [5.41, 5.74) is 4.94. The third kappa shape index (κ3) is 3.35. The van der Waals surface area contributed by atoms with Gasteiger partial charge in [-0.3, -0.25) is 14.4 Å². The third-order valence-corrected chi connectivity index (χ3v) is 7.19. The molecule has 2 bridgehead atoms. The summed E-state index contributed by atoms with van der Waals surface area (Å²) < 4.78 is 5.09. The van der Waals surface area contributed by atoms with E-state index >= 15 is 0 Å². The van der Waals surface area contributed by atoms with Crippen LogP contribution in [0.1, 0.15) is 18.1 Å². The van der Waals surface area contributed by atoms with E-state index in [0.29, 0.717) is 11.4 Å². The Morgan fingerprint density at radius 3 is 1.66 bits per heavy atom. The number of imide groups is 1. The second-order valence-electron chi connectivity index (χ2n) is 9.15. The molecule has 1 aliphatic heterocycles. The van der Waals surface area contributed by atoms with Crippen LogP contribution < -0.4 is 9.64 Å². The van der Waals surface area contributed by atoms with Gasteiger partial charge in [0.1, 0.15) is 5.75 Å². The summed E-state index contributed by atoms with van der Waals surface area (Å²) in [7, 11) is 0. The molecule has 0 unspecified atom stereocenters. The lowest BCUT2D eigenvalue weighted by Gasteiger charge is -2.21. The molecule has 35 heavy (non-hydrogen) atoms. The summed E-state index contributed by atoms with van der Waals surface area (Å²) in [6.45, 7) is 1.33. The number of fused-ring (bicyclic) bond motifs is 5. The van der Waals surface area contributed by atoms with Crippen molar-refractivity contribution < 1.29 is 19.1 Å². The van der Waals surface area contributed by atoms with Crippen molar-refractivity contribution in [2.24, 2.45) is 23.7 Å². The first kappa shape index (κ1) is 21.3. The minimum atomic E-state index is -0.421. The van der Waals surface area contributed by atoms with Gasteiger partial charge < -0.3 is 4.74 Å². The molecule has 3 aromatic rings. The van der Waals surface area contributed by atoms with Gasteiger partial charge in [-0.05, 0) is 46.5 Å². The molecule has 0 spiro atoms. The van der Waals surface area contributed by atoms with Crippen LogP contribution >= 0.6 is 0 Å². The van der Waals surface area contributed by atoms with Crippen molar-refractivity contribution in [2.45, 2.75) is 6.92 Å². The van der Waals surface area contributed by atoms with Gasteiger partial charge in [0.15, 0.2) is 0 Å². The summed E-state index contributed by atoms with van der Waals surface area (Å²) in [6.07, 6.45) is 4.21. The number of anilines is 1. The van der Waals surface area contributed by atoms with Crippen molar-refractivity contribution in [1.82, 2.24) is 0 Å². The van der Waals surface area contributed by atoms with Crippen molar-refractivity contribution in [2.75, 3.05) is 4.90 Å². The lowest BCUT2D eigenvalue weighted by Crippen LogP contribution is -2.33. The van der Waals surface area contributed by atoms with E-state index in [1.54, 1.807) is 24.3 Å². The molecule has 0 aromatic heterocycles. The number of nitrogens with zero attached hydrogens (tertiary/aromatic N) is 1. The Bertz CT molecular complexity index is 1310. The zero-order valence-corrected chi connectivity index (χ0v) is 19.1. The monoisotopic (exact) mass is 461 g/mol. The molecule has 172 valence electrons. The van der Waals surface area contributed by atoms with Crippen LogP contribution in [-0.4, -0.2) is 17.8 Å². The highest BCUT2D eigenvalue weighted by molar-refractivity contribution is 6.23. The van der Waals surface area contributed by atoms with E-state index in [2.05, 4.69) is 36.4 Å². The van der Waals surface area contributed by atoms with Gasteiger partial charge in [0.25, 0.3) is 0 Å². The summed E-state index contributed by atoms with van der Waals surface area (Å²) in [4.78, 5) is 39.8. The van der Waals surface area contributed by atoms with Crippen LogP contribution in [-0.2, 0) is 14.4 Å². The first-order valence-electron chi connectivity index (χ1n) is 11.7. The lowest BCUT2D eigenvalue weighted by molar-refractivity contribution is -0.132. The van der Waals surface area contributed by atoms with Crippen molar-refractivity contribution in [3.05, 3.63) is 114 Å². The zero-order valence-electron chi connectivity index (χ0n) is 19.1. The Morgan fingerprint density at radius 1 is 0.714 bits per heavy atom. The topological polar surface area (TPSA) is 63.7 Å². The normalized spacial score (nSPS) is 24.1. The van der Waals surface area contributed by atoms with Gasteiger partial charge in [-0.25, -0.2) is 4.90 Å². The van der Waals surface area contributed by atoms with Gasteiger partial charge >= 0.3 is 5.97 Å². The van der Waals surface area contributed by atoms with Gasteiger partial charge in [-0.15, -0.1) is 0 Å². The Balaban J connectivity index is 1.41. The van der Waals surface area contributed by atoms with Crippen LogP contribution in [0.3, 0.4) is 0 Å². The number of amides is 2. The minimum Gasteiger partial charge on any atom is -0.427 e. The third-order valence-electron chi connectivity index (χ3n) is 7.19. The average molecular weight is 462 g/mol. The predicted octanol–water partition coefficient (Wildman–Crippen LogP) is 5.04. The highest BCUT2D eigenvalue weighted by Gasteiger charge is 2.62. The molecule has 5 nitrogen and oxygen atoms in total. The Morgan fingerprint density at radius 2 is 1.20 bits per heavy atom. The molecular weight excluding hydrogens is 438 g/mol. The lowest BCUT2D eigenvalue weighted by atomic mass is 9.85. The minimum absolute atomic E-state index is 0.123. The second kappa shape index (κ2) is 8.20. The van der Waals surface area contributed by atoms with E-state index in [9.17, 15) is 14.4 Å². The van der Waals surface area contributed by atoms with Gasteiger partial charge in [0.2, 0.25) is 11.8 Å². The van der Waals surface area contributed by atoms with Crippen LogP contribution in [0, 0.1) is 23.7 Å². The molecule has 2 amide bonds. The summed E-state index contributed by atoms with van der Waals surface area (Å²) >= 11 is 0. The van der Waals surface area contributed by atoms with Gasteiger partial charge in [0, 0.05) is 18.8 Å². The fourth-order valence-corrected chi connectivity index (χ4v) is 5.89. The molecule has 2 fully saturated rings. The van der Waals surface area contributed by atoms with Crippen LogP contribution in [0.2, 0.25) is 0 Å². The molecule has 2 aliphatic carbocycles. The largest absolute Gasteiger partial charge is 0.427 e. The van der Waals surface area contributed by atoms with Crippen LogP contribution in [0.25, 0.3) is 5.57 Å². The SMILES string of the molecule is CC(=O)Oc1ccc(N2C(=O)[C@@H]3[C@@H](C2=O)[C@H]2C=C[C@H]3C2=C(c2ccccc2)c2ccccc2)cc1. The fourth-order valence-electron chi connectivity index (χ4n) is 5.89. The standard InChI is InChI=1S/C30H23NO4/c1-18(32)35-22-14-12-21(13-15-22)31-29(33)27-23-16-17-24(28(27)30(31)34)26(23)25(19-8-4-2-5-9-19)20-10-6-3-7-11-20/h2-17,23-24,27-28H,1H3/t23-,24-,27-,28-/m0/s1. The molecule has 0 radical (unpaired) electrons. The first-order chi connectivity index (χ1) is 17.0. The van der Waals surface area contributed by atoms with E-state index in [0.717, 1.165) is 22.3 Å². The number of carbonyl (C=O) groups excluding carboxylic acids is 3. The summed E-state index contributed by atoms with van der Waals surface area (Å²) in [5.74, 6) is -1.46. The number of benzene rings is 3. The van der Waals surface area contributed by atoms with Crippen LogP contribution in [0.15, 0.2) is 103 Å². The zero-order chi connectivity index (χ0) is 24.1. The summed E-state index contributed by atoms with van der Waals surface area (Å²) in [5, 5.41) is 0. The predicted molar refractivity (Wildman–Crippen MR) is 132 cm³/mol. The van der Waals surface area contributed by atoms with Gasteiger partial charge in [-0.1, -0.05) is 72.8 Å². The van der Waals surface area contributed by atoms with Crippen LogP contribution in [0.4, 0.5) is 5.69 Å². The van der Waals surface area contributed by atoms with Crippen molar-refractivity contribution >= 4 is 29.0 Å². The maximum Gasteiger partial charge on any atom is 0.308 e. The maximum atomic E-state index is 13.7. The number of ether oxygens (including phenoxy) is 1. The number of hydrogen-bond acceptors (Lipinski definition) is 4. The highest BCUT2D eigenvalue weighted by Crippen LogP contribution is 2.58. The number of rotatable bonds is 4. The van der Waals surface area contributed by atoms with E-state index in [1.165, 1.54) is 11.8 Å². The Labute approximate surface area is 203 Å². The molecular formula is C30H23NO4. The van der Waals surface area contributed by atoms with E-state index in [4.69, 9.17) is 4.74 Å². The van der Waals surface area contributed by atoms with Crippen molar-refractivity contribution in [3.63, 3.8) is 0 Å². The van der Waals surface area contributed by atoms with Crippen molar-refractivity contribution in [1.29, 1.82) is 0 Å². The quantitative estimate of drug-likeness (QED) is 0.236. The first-order valence-corrected chi connectivity index (χ1v) is 11.7. The van der Waals surface area contributed by atoms with Crippen molar-refractivity contribution in [3.8, 4) is 5.75 Å². The second-order valence-corrected chi connectivity index (χ2v) is 9.15. The molecule has 1 saturated carbocycles. The molecule has 3 aromatic carbocycles. The number of carbonyl (C=O) groups is 3. The smallest absolute Gasteiger partial charge is 0.308 e. The fraction of sp³-hybridized carbons (Fsp3) is 0.167. The average Bonchev–Trinajstić information content (AvgIpc) is 3.50. The maximum absolute atomic E-state index is 13.7. The number of esters is 1. The number of hydrogen-bond donors (Lipinski definition) is 0. The van der Waals surface area contributed by atoms with E-state index in [1.807, 2.05) is 36.4 Å². The van der Waals surface area contributed by atoms with Gasteiger partial charge in [-0.2, -0.15) is 0 Å². The van der Waals surface area contributed by atoms with Gasteiger partial charge in [0.05, 0.1) is 17.5 Å². The highest BCUT2D eigenvalue weighted by atomic mass is 16.5. The molecule has 1 heterocycles. The molecule has 4 atom stereocenters. The Kier molecular flexibility index (Phi) is 4.99. The van der Waals surface area contributed by atoms with E-state index < -0.39 is 17.8 Å². The van der Waals surface area contributed by atoms with E-state index in [-0.39, 0.29) is 23.7 Å². The molecule has 1 saturated heterocycles. The molecule has 0 N–H and O–H groups in total. The molecule has 5 heteroatoms.